The second-order valence-corrected chi connectivity index (χ2v) is 4.54. The molecule has 0 atom stereocenters. The molecule has 0 saturated heterocycles. The third-order valence-corrected chi connectivity index (χ3v) is 3.23. The van der Waals surface area contributed by atoms with Crippen molar-refractivity contribution >= 4 is 11.5 Å². The van der Waals surface area contributed by atoms with Gasteiger partial charge in [0, 0.05) is 31.3 Å². The summed E-state index contributed by atoms with van der Waals surface area (Å²) in [5.41, 5.74) is 3.51. The van der Waals surface area contributed by atoms with E-state index >= 15 is 0 Å². The number of anilines is 1. The van der Waals surface area contributed by atoms with Gasteiger partial charge in [0.1, 0.15) is 0 Å². The van der Waals surface area contributed by atoms with Gasteiger partial charge in [-0.05, 0) is 43.0 Å². The summed E-state index contributed by atoms with van der Waals surface area (Å²) in [6.07, 6.45) is 3.88. The van der Waals surface area contributed by atoms with Crippen LogP contribution < -0.4 is 4.90 Å². The first-order valence-electron chi connectivity index (χ1n) is 6.09. The summed E-state index contributed by atoms with van der Waals surface area (Å²) in [6, 6.07) is 6.15. The summed E-state index contributed by atoms with van der Waals surface area (Å²) in [4.78, 5) is 14.1. The average molecular weight is 217 g/mol. The molecule has 0 aromatic heterocycles. The number of Topliss-reactive ketones (excluding diaryl/α,β-unsaturated/α-hetero) is 1. The lowest BCUT2D eigenvalue weighted by molar-refractivity contribution is 0.0981. The number of aryl methyl sites for hydroxylation is 1. The molecule has 1 aliphatic rings. The number of nitrogens with zero attached hydrogens (tertiary/aromatic N) is 1. The van der Waals surface area contributed by atoms with Gasteiger partial charge in [-0.25, -0.2) is 0 Å². The Kier molecular flexibility index (Phi) is 3.28. The van der Waals surface area contributed by atoms with Crippen molar-refractivity contribution < 1.29 is 4.79 Å². The Morgan fingerprint density at radius 3 is 3.00 bits per heavy atom. The SMILES string of the molecule is CCCC(=O)c1ccc2c(c1)CCCN2C. The lowest BCUT2D eigenvalue weighted by Gasteiger charge is -2.27. The number of carbonyl (C=O) groups excluding carboxylic acids is 1. The Labute approximate surface area is 97.3 Å². The third-order valence-electron chi connectivity index (χ3n) is 3.23. The normalized spacial score (nSPS) is 14.8. The molecule has 1 aliphatic heterocycles. The quantitative estimate of drug-likeness (QED) is 0.725. The number of rotatable bonds is 3. The zero-order valence-corrected chi connectivity index (χ0v) is 10.1. The van der Waals surface area contributed by atoms with Crippen molar-refractivity contribution in [3.8, 4) is 0 Å². The van der Waals surface area contributed by atoms with Gasteiger partial charge in [0.2, 0.25) is 0 Å². The predicted molar refractivity (Wildman–Crippen MR) is 67.3 cm³/mol. The summed E-state index contributed by atoms with van der Waals surface area (Å²) in [5.74, 6) is 0.276. The minimum atomic E-state index is 0.276. The highest BCUT2D eigenvalue weighted by Crippen LogP contribution is 2.27. The first-order valence-corrected chi connectivity index (χ1v) is 6.09. The van der Waals surface area contributed by atoms with Gasteiger partial charge in [-0.2, -0.15) is 0 Å². The van der Waals surface area contributed by atoms with E-state index in [1.807, 2.05) is 13.0 Å². The van der Waals surface area contributed by atoms with Crippen molar-refractivity contribution in [3.05, 3.63) is 29.3 Å². The van der Waals surface area contributed by atoms with Crippen LogP contribution in [0.2, 0.25) is 0 Å². The van der Waals surface area contributed by atoms with Gasteiger partial charge in [0.05, 0.1) is 0 Å². The van der Waals surface area contributed by atoms with E-state index < -0.39 is 0 Å². The van der Waals surface area contributed by atoms with E-state index in [0.717, 1.165) is 24.9 Å². The molecule has 2 nitrogen and oxygen atoms in total. The maximum atomic E-state index is 11.8. The second-order valence-electron chi connectivity index (χ2n) is 4.54. The van der Waals surface area contributed by atoms with Crippen molar-refractivity contribution in [2.75, 3.05) is 18.5 Å². The highest BCUT2D eigenvalue weighted by atomic mass is 16.1. The average Bonchev–Trinajstić information content (AvgIpc) is 2.29. The molecule has 0 fully saturated rings. The summed E-state index contributed by atoms with van der Waals surface area (Å²) >= 11 is 0. The minimum absolute atomic E-state index is 0.276. The molecule has 0 amide bonds. The van der Waals surface area contributed by atoms with E-state index in [-0.39, 0.29) is 5.78 Å². The van der Waals surface area contributed by atoms with Gasteiger partial charge < -0.3 is 4.90 Å². The Hall–Kier alpha value is -1.31. The Bertz CT molecular complexity index is 398. The lowest BCUT2D eigenvalue weighted by Crippen LogP contribution is -2.24. The molecular weight excluding hydrogens is 198 g/mol. The maximum Gasteiger partial charge on any atom is 0.162 e. The molecule has 0 bridgehead atoms. The van der Waals surface area contributed by atoms with E-state index in [2.05, 4.69) is 24.1 Å². The second kappa shape index (κ2) is 4.69. The van der Waals surface area contributed by atoms with Crippen LogP contribution in [0.4, 0.5) is 5.69 Å². The molecule has 1 aromatic rings. The minimum Gasteiger partial charge on any atom is -0.374 e. The number of carbonyl (C=O) groups is 1. The lowest BCUT2D eigenvalue weighted by atomic mass is 9.97. The van der Waals surface area contributed by atoms with Gasteiger partial charge in [-0.3, -0.25) is 4.79 Å². The maximum absolute atomic E-state index is 11.8. The summed E-state index contributed by atoms with van der Waals surface area (Å²) < 4.78 is 0. The topological polar surface area (TPSA) is 20.3 Å². The molecule has 86 valence electrons. The molecule has 0 saturated carbocycles. The first kappa shape index (κ1) is 11.2. The van der Waals surface area contributed by atoms with Crippen LogP contribution >= 0.6 is 0 Å². The number of benzene rings is 1. The van der Waals surface area contributed by atoms with Crippen LogP contribution in [0.1, 0.15) is 42.1 Å². The smallest absolute Gasteiger partial charge is 0.162 e. The number of fused-ring (bicyclic) bond motifs is 1. The number of hydrogen-bond acceptors (Lipinski definition) is 2. The summed E-state index contributed by atoms with van der Waals surface area (Å²) in [6.45, 7) is 3.17. The molecule has 0 radical (unpaired) electrons. The molecule has 1 heterocycles. The molecular formula is C14H19NO. The van der Waals surface area contributed by atoms with Crippen molar-refractivity contribution in [2.45, 2.75) is 32.6 Å². The molecule has 0 aliphatic carbocycles. The highest BCUT2D eigenvalue weighted by molar-refractivity contribution is 5.96. The molecule has 2 rings (SSSR count). The fourth-order valence-corrected chi connectivity index (χ4v) is 2.33. The predicted octanol–water partition coefficient (Wildman–Crippen LogP) is 3.05. The van der Waals surface area contributed by atoms with E-state index in [9.17, 15) is 4.79 Å². The fourth-order valence-electron chi connectivity index (χ4n) is 2.33. The Morgan fingerprint density at radius 2 is 2.25 bits per heavy atom. The van der Waals surface area contributed by atoms with Gasteiger partial charge in [0.25, 0.3) is 0 Å². The van der Waals surface area contributed by atoms with Crippen molar-refractivity contribution in [2.24, 2.45) is 0 Å². The van der Waals surface area contributed by atoms with E-state index in [1.165, 1.54) is 17.7 Å². The third kappa shape index (κ3) is 2.11. The van der Waals surface area contributed by atoms with Gasteiger partial charge in [-0.15, -0.1) is 0 Å². The highest BCUT2D eigenvalue weighted by Gasteiger charge is 2.15. The molecule has 0 spiro atoms. The Morgan fingerprint density at radius 1 is 1.44 bits per heavy atom. The van der Waals surface area contributed by atoms with Crippen molar-refractivity contribution in [3.63, 3.8) is 0 Å². The fraction of sp³-hybridized carbons (Fsp3) is 0.500. The molecule has 16 heavy (non-hydrogen) atoms. The van der Waals surface area contributed by atoms with Crippen LogP contribution in [0.25, 0.3) is 0 Å². The van der Waals surface area contributed by atoms with Gasteiger partial charge >= 0.3 is 0 Å². The van der Waals surface area contributed by atoms with Crippen molar-refractivity contribution in [1.29, 1.82) is 0 Å². The zero-order chi connectivity index (χ0) is 11.5. The molecule has 2 heteroatoms. The first-order chi connectivity index (χ1) is 7.72. The number of ketones is 1. The van der Waals surface area contributed by atoms with Crippen LogP contribution in [-0.2, 0) is 6.42 Å². The van der Waals surface area contributed by atoms with Crippen LogP contribution in [0.15, 0.2) is 18.2 Å². The summed E-state index contributed by atoms with van der Waals surface area (Å²) in [7, 11) is 2.12. The van der Waals surface area contributed by atoms with Crippen molar-refractivity contribution in [1.82, 2.24) is 0 Å². The van der Waals surface area contributed by atoms with Crippen LogP contribution in [0, 0.1) is 0 Å². The van der Waals surface area contributed by atoms with Crippen LogP contribution in [-0.4, -0.2) is 19.4 Å². The van der Waals surface area contributed by atoms with E-state index in [4.69, 9.17) is 0 Å². The largest absolute Gasteiger partial charge is 0.374 e. The van der Waals surface area contributed by atoms with E-state index in [0.29, 0.717) is 6.42 Å². The zero-order valence-electron chi connectivity index (χ0n) is 10.1. The van der Waals surface area contributed by atoms with Crippen LogP contribution in [0.3, 0.4) is 0 Å². The van der Waals surface area contributed by atoms with E-state index in [1.54, 1.807) is 0 Å². The van der Waals surface area contributed by atoms with Gasteiger partial charge in [-0.1, -0.05) is 6.92 Å². The number of hydrogen-bond donors (Lipinski definition) is 0. The summed E-state index contributed by atoms with van der Waals surface area (Å²) in [5, 5.41) is 0. The molecule has 1 aromatic carbocycles. The van der Waals surface area contributed by atoms with Crippen LogP contribution in [0.5, 0.6) is 0 Å². The molecule has 0 unspecified atom stereocenters. The monoisotopic (exact) mass is 217 g/mol. The Balaban J connectivity index is 2.28. The van der Waals surface area contributed by atoms with Gasteiger partial charge in [0.15, 0.2) is 5.78 Å². The standard InChI is InChI=1S/C14H19NO/c1-3-5-14(16)12-7-8-13-11(10-12)6-4-9-15(13)2/h7-8,10H,3-6,9H2,1-2H3. The molecule has 0 N–H and O–H groups in total.